The fourth-order valence-electron chi connectivity index (χ4n) is 6.41. The highest BCUT2D eigenvalue weighted by Gasteiger charge is 2.49. The Kier molecular flexibility index (Phi) is 5.18. The Morgan fingerprint density at radius 2 is 1.56 bits per heavy atom. The van der Waals surface area contributed by atoms with Gasteiger partial charge in [-0.15, -0.1) is 0 Å². The molecule has 2 bridgehead atoms. The van der Waals surface area contributed by atoms with Crippen LogP contribution in [0.4, 0.5) is 9.18 Å². The standard InChI is InChI=1S/C29H28FNO3/c30-20-8-5-7-19(15-20)29(33)16-21-9-6-10-22(17-29)31(21)28(32)34-18-27-25-13-3-1-11-23(25)24-12-2-4-14-26(24)27/h1-5,7-8,11-15,21-22,27,33H,6,9-10,16-18H2. The van der Waals surface area contributed by atoms with E-state index >= 15 is 0 Å². The monoisotopic (exact) mass is 457 g/mol. The first-order valence-corrected chi connectivity index (χ1v) is 12.2. The van der Waals surface area contributed by atoms with Gasteiger partial charge in [0.15, 0.2) is 0 Å². The van der Waals surface area contributed by atoms with Gasteiger partial charge in [0.05, 0.1) is 5.60 Å². The van der Waals surface area contributed by atoms with Crippen molar-refractivity contribution in [3.63, 3.8) is 0 Å². The summed E-state index contributed by atoms with van der Waals surface area (Å²) >= 11 is 0. The van der Waals surface area contributed by atoms with Gasteiger partial charge in [-0.25, -0.2) is 9.18 Å². The Morgan fingerprint density at radius 1 is 0.941 bits per heavy atom. The Bertz CT molecular complexity index is 1180. The number of aliphatic hydroxyl groups is 1. The third-order valence-electron chi connectivity index (χ3n) is 7.92. The van der Waals surface area contributed by atoms with E-state index in [1.807, 2.05) is 29.2 Å². The molecule has 0 radical (unpaired) electrons. The van der Waals surface area contributed by atoms with Gasteiger partial charge >= 0.3 is 6.09 Å². The van der Waals surface area contributed by atoms with Crippen molar-refractivity contribution >= 4 is 6.09 Å². The van der Waals surface area contributed by atoms with Crippen molar-refractivity contribution in [2.75, 3.05) is 6.61 Å². The fourth-order valence-corrected chi connectivity index (χ4v) is 6.41. The molecular formula is C29H28FNO3. The van der Waals surface area contributed by atoms with Gasteiger partial charge in [-0.05, 0) is 59.2 Å². The molecule has 2 aliphatic heterocycles. The lowest BCUT2D eigenvalue weighted by molar-refractivity contribution is -0.0892. The van der Waals surface area contributed by atoms with Crippen LogP contribution in [-0.4, -0.2) is 34.8 Å². The molecule has 2 fully saturated rings. The Balaban J connectivity index is 1.21. The van der Waals surface area contributed by atoms with Crippen molar-refractivity contribution in [3.05, 3.63) is 95.3 Å². The first kappa shape index (κ1) is 21.4. The average molecular weight is 458 g/mol. The number of amides is 1. The molecule has 1 N–H and O–H groups in total. The molecule has 0 spiro atoms. The zero-order valence-corrected chi connectivity index (χ0v) is 19.0. The van der Waals surface area contributed by atoms with Crippen molar-refractivity contribution in [1.29, 1.82) is 0 Å². The molecule has 0 saturated carbocycles. The largest absolute Gasteiger partial charge is 0.448 e. The van der Waals surface area contributed by atoms with Gasteiger partial charge in [0.1, 0.15) is 12.4 Å². The summed E-state index contributed by atoms with van der Waals surface area (Å²) in [6.07, 6.45) is 3.14. The minimum absolute atomic E-state index is 0.0187. The quantitative estimate of drug-likeness (QED) is 0.526. The number of carbonyl (C=O) groups is 1. The highest BCUT2D eigenvalue weighted by molar-refractivity contribution is 5.79. The van der Waals surface area contributed by atoms with E-state index in [0.717, 1.165) is 19.3 Å². The van der Waals surface area contributed by atoms with Crippen LogP contribution in [0.2, 0.25) is 0 Å². The number of nitrogens with zero attached hydrogens (tertiary/aromatic N) is 1. The molecule has 0 aromatic heterocycles. The van der Waals surface area contributed by atoms with Crippen molar-refractivity contribution in [1.82, 2.24) is 4.90 Å². The van der Waals surface area contributed by atoms with Gasteiger partial charge in [-0.1, -0.05) is 60.7 Å². The number of hydrogen-bond donors (Lipinski definition) is 1. The van der Waals surface area contributed by atoms with Gasteiger partial charge in [-0.3, -0.25) is 0 Å². The number of carbonyl (C=O) groups excluding carboxylic acids is 1. The summed E-state index contributed by atoms with van der Waals surface area (Å²) in [5.74, 6) is -0.333. The number of hydrogen-bond acceptors (Lipinski definition) is 3. The number of fused-ring (bicyclic) bond motifs is 5. The summed E-state index contributed by atoms with van der Waals surface area (Å²) in [6.45, 7) is 0.289. The molecule has 5 heteroatoms. The van der Waals surface area contributed by atoms with Crippen molar-refractivity contribution in [2.45, 2.75) is 55.7 Å². The smallest absolute Gasteiger partial charge is 0.410 e. The first-order chi connectivity index (χ1) is 16.5. The predicted molar refractivity (Wildman–Crippen MR) is 128 cm³/mol. The molecule has 3 aliphatic rings. The van der Waals surface area contributed by atoms with Gasteiger partial charge in [-0.2, -0.15) is 0 Å². The second-order valence-electron chi connectivity index (χ2n) is 9.90. The molecule has 1 aliphatic carbocycles. The summed E-state index contributed by atoms with van der Waals surface area (Å²) in [5.41, 5.74) is 4.25. The summed E-state index contributed by atoms with van der Waals surface area (Å²) < 4.78 is 19.8. The lowest BCUT2D eigenvalue weighted by atomic mass is 9.72. The number of rotatable bonds is 3. The average Bonchev–Trinajstić information content (AvgIpc) is 3.16. The van der Waals surface area contributed by atoms with Crippen LogP contribution in [0, 0.1) is 5.82 Å². The van der Waals surface area contributed by atoms with E-state index in [0.29, 0.717) is 18.4 Å². The molecule has 4 nitrogen and oxygen atoms in total. The van der Waals surface area contributed by atoms with E-state index in [1.165, 1.54) is 34.4 Å². The maximum absolute atomic E-state index is 13.9. The van der Waals surface area contributed by atoms with E-state index < -0.39 is 5.60 Å². The zero-order chi connectivity index (χ0) is 23.3. The summed E-state index contributed by atoms with van der Waals surface area (Å²) in [4.78, 5) is 15.2. The number of halogens is 1. The van der Waals surface area contributed by atoms with Crippen LogP contribution in [0.15, 0.2) is 72.8 Å². The second kappa shape index (κ2) is 8.24. The molecule has 6 rings (SSSR count). The van der Waals surface area contributed by atoms with E-state index in [9.17, 15) is 14.3 Å². The molecule has 2 heterocycles. The van der Waals surface area contributed by atoms with Crippen LogP contribution in [0.1, 0.15) is 54.7 Å². The number of benzene rings is 3. The molecule has 3 aromatic rings. The molecular weight excluding hydrogens is 429 g/mol. The normalized spacial score (nSPS) is 25.5. The topological polar surface area (TPSA) is 49.8 Å². The van der Waals surface area contributed by atoms with Gasteiger partial charge in [0.2, 0.25) is 0 Å². The molecule has 2 atom stereocenters. The molecule has 3 aromatic carbocycles. The number of piperidine rings is 2. The van der Waals surface area contributed by atoms with Crippen LogP contribution < -0.4 is 0 Å². The molecule has 34 heavy (non-hydrogen) atoms. The van der Waals surface area contributed by atoms with Gasteiger partial charge in [0, 0.05) is 30.8 Å². The SMILES string of the molecule is O=C(OCC1c2ccccc2-c2ccccc21)N1C2CCCC1CC(O)(c1cccc(F)c1)C2. The molecule has 1 amide bonds. The fraction of sp³-hybridized carbons (Fsp3) is 0.345. The summed E-state index contributed by atoms with van der Waals surface area (Å²) in [6, 6.07) is 22.6. The Hall–Kier alpha value is -3.18. The zero-order valence-electron chi connectivity index (χ0n) is 19.0. The predicted octanol–water partition coefficient (Wildman–Crippen LogP) is 5.98. The van der Waals surface area contributed by atoms with Crippen LogP contribution >= 0.6 is 0 Å². The second-order valence-corrected chi connectivity index (χ2v) is 9.90. The third-order valence-corrected chi connectivity index (χ3v) is 7.92. The van der Waals surface area contributed by atoms with Crippen molar-refractivity contribution < 1.29 is 19.0 Å². The maximum atomic E-state index is 13.9. The summed E-state index contributed by atoms with van der Waals surface area (Å²) in [7, 11) is 0. The molecule has 2 saturated heterocycles. The highest BCUT2D eigenvalue weighted by Crippen LogP contribution is 2.46. The van der Waals surface area contributed by atoms with E-state index in [4.69, 9.17) is 4.74 Å². The number of ether oxygens (including phenoxy) is 1. The van der Waals surface area contributed by atoms with Gasteiger partial charge < -0.3 is 14.7 Å². The summed E-state index contributed by atoms with van der Waals surface area (Å²) in [5, 5.41) is 11.4. The lowest BCUT2D eigenvalue weighted by Crippen LogP contribution is -2.59. The van der Waals surface area contributed by atoms with Crippen molar-refractivity contribution in [3.8, 4) is 11.1 Å². The van der Waals surface area contributed by atoms with Crippen LogP contribution in [-0.2, 0) is 10.3 Å². The Labute approximate surface area is 199 Å². The minimum atomic E-state index is -1.13. The van der Waals surface area contributed by atoms with Crippen molar-refractivity contribution in [2.24, 2.45) is 0 Å². The lowest BCUT2D eigenvalue weighted by Gasteiger charge is -2.51. The van der Waals surface area contributed by atoms with Gasteiger partial charge in [0.25, 0.3) is 0 Å². The molecule has 174 valence electrons. The third kappa shape index (κ3) is 3.50. The van der Waals surface area contributed by atoms with E-state index in [2.05, 4.69) is 24.3 Å². The van der Waals surface area contributed by atoms with Crippen LogP contribution in [0.25, 0.3) is 11.1 Å². The highest BCUT2D eigenvalue weighted by atomic mass is 19.1. The molecule has 2 unspecified atom stereocenters. The van der Waals surface area contributed by atoms with Crippen LogP contribution in [0.5, 0.6) is 0 Å². The Morgan fingerprint density at radius 3 is 2.18 bits per heavy atom. The van der Waals surface area contributed by atoms with E-state index in [1.54, 1.807) is 12.1 Å². The first-order valence-electron chi connectivity index (χ1n) is 12.2. The minimum Gasteiger partial charge on any atom is -0.448 e. The van der Waals surface area contributed by atoms with Crippen LogP contribution in [0.3, 0.4) is 0 Å². The van der Waals surface area contributed by atoms with E-state index in [-0.39, 0.29) is 36.5 Å². The maximum Gasteiger partial charge on any atom is 0.410 e.